The molecule has 25 heavy (non-hydrogen) atoms. The van der Waals surface area contributed by atoms with E-state index in [0.29, 0.717) is 25.1 Å². The molecule has 3 rings (SSSR count). The number of anilines is 1. The molecule has 5 heteroatoms. The molecule has 0 bridgehead atoms. The lowest BCUT2D eigenvalue weighted by atomic mass is 10.1. The lowest BCUT2D eigenvalue weighted by molar-refractivity contribution is -0.113. The number of hydrogen-bond acceptors (Lipinski definition) is 3. The number of halogens is 1. The summed E-state index contributed by atoms with van der Waals surface area (Å²) in [4.78, 5) is 14.5. The third kappa shape index (κ3) is 4.45. The molecule has 0 radical (unpaired) electrons. The molecule has 0 unspecified atom stereocenters. The lowest BCUT2D eigenvalue weighted by Crippen LogP contribution is -2.31. The molecular formula is C20H21FN2O2. The Balaban J connectivity index is 1.56. The minimum absolute atomic E-state index is 0.0873. The summed E-state index contributed by atoms with van der Waals surface area (Å²) in [7, 11) is 1.60. The van der Waals surface area contributed by atoms with Crippen LogP contribution in [-0.4, -0.2) is 31.0 Å². The van der Waals surface area contributed by atoms with Crippen LogP contribution in [0.3, 0.4) is 0 Å². The van der Waals surface area contributed by atoms with Gasteiger partial charge in [-0.15, -0.1) is 0 Å². The van der Waals surface area contributed by atoms with Gasteiger partial charge in [0.15, 0.2) is 0 Å². The van der Waals surface area contributed by atoms with Gasteiger partial charge >= 0.3 is 0 Å². The van der Waals surface area contributed by atoms with Crippen LogP contribution in [0.4, 0.5) is 10.1 Å². The first kappa shape index (κ1) is 17.2. The van der Waals surface area contributed by atoms with Crippen LogP contribution in [0.1, 0.15) is 12.0 Å². The quantitative estimate of drug-likeness (QED) is 0.904. The summed E-state index contributed by atoms with van der Waals surface area (Å²) in [5, 5.41) is 2.90. The van der Waals surface area contributed by atoms with E-state index in [4.69, 9.17) is 4.74 Å². The van der Waals surface area contributed by atoms with Crippen molar-refractivity contribution in [3.05, 3.63) is 71.6 Å². The van der Waals surface area contributed by atoms with Crippen LogP contribution in [0.5, 0.6) is 5.75 Å². The first-order chi connectivity index (χ1) is 12.2. The van der Waals surface area contributed by atoms with Crippen molar-refractivity contribution in [2.24, 2.45) is 0 Å². The molecule has 1 aliphatic heterocycles. The summed E-state index contributed by atoms with van der Waals surface area (Å²) in [6.45, 7) is 1.92. The summed E-state index contributed by atoms with van der Waals surface area (Å²) in [5.41, 5.74) is 2.18. The zero-order chi connectivity index (χ0) is 17.6. The number of carbonyl (C=O) groups excluding carboxylic acids is 1. The van der Waals surface area contributed by atoms with Crippen molar-refractivity contribution < 1.29 is 13.9 Å². The number of hydrogen-bond donors (Lipinski definition) is 1. The predicted octanol–water partition coefficient (Wildman–Crippen LogP) is 3.61. The summed E-state index contributed by atoms with van der Waals surface area (Å²) >= 11 is 0. The van der Waals surface area contributed by atoms with E-state index in [1.54, 1.807) is 31.4 Å². The fourth-order valence-electron chi connectivity index (χ4n) is 2.81. The lowest BCUT2D eigenvalue weighted by Gasteiger charge is -2.26. The summed E-state index contributed by atoms with van der Waals surface area (Å²) < 4.78 is 18.8. The molecule has 0 atom stereocenters. The zero-order valence-corrected chi connectivity index (χ0v) is 14.2. The van der Waals surface area contributed by atoms with Gasteiger partial charge in [0, 0.05) is 36.5 Å². The van der Waals surface area contributed by atoms with Gasteiger partial charge in [-0.1, -0.05) is 24.3 Å². The highest BCUT2D eigenvalue weighted by atomic mass is 19.1. The van der Waals surface area contributed by atoms with Crippen molar-refractivity contribution in [3.8, 4) is 5.75 Å². The minimum Gasteiger partial charge on any atom is -0.497 e. The molecule has 0 saturated heterocycles. The Morgan fingerprint density at radius 1 is 1.20 bits per heavy atom. The Labute approximate surface area is 146 Å². The number of ether oxygens (including phenoxy) is 1. The number of rotatable bonds is 5. The standard InChI is InChI=1S/C20H21FN2O2/c1-25-18-8-6-17(7-9-18)22-20(24)15-10-12-23(13-11-15)14-16-4-2-3-5-19(16)21/h2-10H,11-14H2,1H3,(H,22,24). The third-order valence-electron chi connectivity index (χ3n) is 4.28. The van der Waals surface area contributed by atoms with Crippen LogP contribution in [0, 0.1) is 5.82 Å². The molecule has 1 aliphatic rings. The van der Waals surface area contributed by atoms with Crippen LogP contribution in [0.2, 0.25) is 0 Å². The fourth-order valence-corrected chi connectivity index (χ4v) is 2.81. The maximum absolute atomic E-state index is 13.7. The first-order valence-corrected chi connectivity index (χ1v) is 8.26. The Morgan fingerprint density at radius 2 is 1.96 bits per heavy atom. The highest BCUT2D eigenvalue weighted by Gasteiger charge is 2.18. The van der Waals surface area contributed by atoms with Crippen molar-refractivity contribution in [1.29, 1.82) is 0 Å². The Morgan fingerprint density at radius 3 is 2.60 bits per heavy atom. The van der Waals surface area contributed by atoms with Gasteiger partial charge in [-0.05, 0) is 36.8 Å². The van der Waals surface area contributed by atoms with Crippen LogP contribution < -0.4 is 10.1 Å². The molecule has 1 heterocycles. The Hall–Kier alpha value is -2.66. The van der Waals surface area contributed by atoms with Crippen molar-refractivity contribution in [3.63, 3.8) is 0 Å². The number of amides is 1. The maximum Gasteiger partial charge on any atom is 0.251 e. The summed E-state index contributed by atoms with van der Waals surface area (Å²) in [5.74, 6) is 0.476. The third-order valence-corrected chi connectivity index (χ3v) is 4.28. The minimum atomic E-state index is -0.186. The van der Waals surface area contributed by atoms with E-state index in [1.165, 1.54) is 6.07 Å². The van der Waals surface area contributed by atoms with E-state index in [-0.39, 0.29) is 11.7 Å². The van der Waals surface area contributed by atoms with Crippen LogP contribution in [0.25, 0.3) is 0 Å². The fraction of sp³-hybridized carbons (Fsp3) is 0.250. The predicted molar refractivity (Wildman–Crippen MR) is 96.0 cm³/mol. The van der Waals surface area contributed by atoms with Gasteiger partial charge in [-0.25, -0.2) is 4.39 Å². The number of nitrogens with one attached hydrogen (secondary N) is 1. The van der Waals surface area contributed by atoms with Gasteiger partial charge < -0.3 is 10.1 Å². The number of nitrogens with zero attached hydrogens (tertiary/aromatic N) is 1. The molecule has 4 nitrogen and oxygen atoms in total. The number of benzene rings is 2. The summed E-state index contributed by atoms with van der Waals surface area (Å²) in [6.07, 6.45) is 2.57. The second-order valence-electron chi connectivity index (χ2n) is 5.99. The van der Waals surface area contributed by atoms with Crippen molar-refractivity contribution in [1.82, 2.24) is 4.90 Å². The molecule has 2 aromatic carbocycles. The van der Waals surface area contributed by atoms with E-state index >= 15 is 0 Å². The molecule has 0 spiro atoms. The maximum atomic E-state index is 13.7. The smallest absolute Gasteiger partial charge is 0.251 e. The van der Waals surface area contributed by atoms with Gasteiger partial charge in [0.05, 0.1) is 7.11 Å². The van der Waals surface area contributed by atoms with Crippen molar-refractivity contribution in [2.75, 3.05) is 25.5 Å². The van der Waals surface area contributed by atoms with E-state index in [1.807, 2.05) is 24.3 Å². The number of methoxy groups -OCH3 is 1. The summed E-state index contributed by atoms with van der Waals surface area (Å²) in [6, 6.07) is 14.0. The van der Waals surface area contributed by atoms with Gasteiger partial charge in [-0.2, -0.15) is 0 Å². The average Bonchev–Trinajstić information content (AvgIpc) is 2.65. The molecule has 1 amide bonds. The van der Waals surface area contributed by atoms with Crippen molar-refractivity contribution >= 4 is 11.6 Å². The molecule has 2 aromatic rings. The average molecular weight is 340 g/mol. The molecular weight excluding hydrogens is 319 g/mol. The normalized spacial score (nSPS) is 14.7. The molecule has 1 N–H and O–H groups in total. The highest BCUT2D eigenvalue weighted by molar-refractivity contribution is 6.03. The highest BCUT2D eigenvalue weighted by Crippen LogP contribution is 2.19. The largest absolute Gasteiger partial charge is 0.497 e. The van der Waals surface area contributed by atoms with Crippen LogP contribution in [0.15, 0.2) is 60.2 Å². The van der Waals surface area contributed by atoms with Gasteiger partial charge in [0.2, 0.25) is 0 Å². The number of carbonyl (C=O) groups is 1. The van der Waals surface area contributed by atoms with Crippen LogP contribution in [-0.2, 0) is 11.3 Å². The molecule has 0 aliphatic carbocycles. The molecule has 130 valence electrons. The van der Waals surface area contributed by atoms with Crippen LogP contribution >= 0.6 is 0 Å². The van der Waals surface area contributed by atoms with Gasteiger partial charge in [-0.3, -0.25) is 9.69 Å². The van der Waals surface area contributed by atoms with E-state index in [0.717, 1.165) is 23.6 Å². The van der Waals surface area contributed by atoms with Gasteiger partial charge in [0.1, 0.15) is 11.6 Å². The monoisotopic (exact) mass is 340 g/mol. The molecule has 0 aromatic heterocycles. The second kappa shape index (κ2) is 7.94. The Kier molecular flexibility index (Phi) is 5.46. The SMILES string of the molecule is COc1ccc(NC(=O)C2=CCN(Cc3ccccc3F)CC2)cc1. The first-order valence-electron chi connectivity index (χ1n) is 8.26. The van der Waals surface area contributed by atoms with Gasteiger partial charge in [0.25, 0.3) is 5.91 Å². The van der Waals surface area contributed by atoms with E-state index in [2.05, 4.69) is 10.2 Å². The molecule has 0 saturated carbocycles. The topological polar surface area (TPSA) is 41.6 Å². The van der Waals surface area contributed by atoms with E-state index < -0.39 is 0 Å². The molecule has 0 fully saturated rings. The zero-order valence-electron chi connectivity index (χ0n) is 14.2. The van der Waals surface area contributed by atoms with Crippen molar-refractivity contribution in [2.45, 2.75) is 13.0 Å². The van der Waals surface area contributed by atoms with E-state index in [9.17, 15) is 9.18 Å². The second-order valence-corrected chi connectivity index (χ2v) is 5.99. The Bertz CT molecular complexity index is 772.